The zero-order valence-corrected chi connectivity index (χ0v) is 16.2. The molecule has 0 saturated carbocycles. The van der Waals surface area contributed by atoms with Gasteiger partial charge in [0.05, 0.1) is 4.90 Å². The molecule has 144 valence electrons. The number of amides is 1. The molecule has 8 nitrogen and oxygen atoms in total. The van der Waals surface area contributed by atoms with Crippen molar-refractivity contribution in [2.45, 2.75) is 11.4 Å². The summed E-state index contributed by atoms with van der Waals surface area (Å²) in [7, 11) is -3.70. The first-order valence-corrected chi connectivity index (χ1v) is 10.5. The number of primary sulfonamides is 1. The molecule has 0 bridgehead atoms. The minimum absolute atomic E-state index is 0.0562. The van der Waals surface area contributed by atoms with E-state index in [-0.39, 0.29) is 10.8 Å². The fraction of sp³-hybridized carbons (Fsp3) is 0.0556. The first-order valence-electron chi connectivity index (χ1n) is 8.13. The molecule has 1 amide bonds. The Morgan fingerprint density at radius 2 is 1.71 bits per heavy atom. The van der Waals surface area contributed by atoms with Gasteiger partial charge in [-0.2, -0.15) is 0 Å². The maximum Gasteiger partial charge on any atom is 0.250 e. The summed E-state index contributed by atoms with van der Waals surface area (Å²) in [6, 6.07) is 15.7. The average Bonchev–Trinajstić information content (AvgIpc) is 3.12. The highest BCUT2D eigenvalue weighted by Gasteiger charge is 2.08. The molecule has 0 aliphatic heterocycles. The van der Waals surface area contributed by atoms with E-state index in [9.17, 15) is 13.2 Å². The molecule has 28 heavy (non-hydrogen) atoms. The van der Waals surface area contributed by atoms with Gasteiger partial charge in [-0.25, -0.2) is 13.6 Å². The topological polar surface area (TPSA) is 127 Å². The van der Waals surface area contributed by atoms with Crippen LogP contribution in [0.25, 0.3) is 6.08 Å². The summed E-state index contributed by atoms with van der Waals surface area (Å²) in [4.78, 5) is 12.0. The molecule has 0 spiro atoms. The molecule has 10 heteroatoms. The van der Waals surface area contributed by atoms with Crippen LogP contribution in [-0.4, -0.2) is 24.5 Å². The van der Waals surface area contributed by atoms with Gasteiger partial charge in [-0.05, 0) is 29.3 Å². The van der Waals surface area contributed by atoms with Gasteiger partial charge < -0.3 is 5.32 Å². The summed E-state index contributed by atoms with van der Waals surface area (Å²) >= 11 is 1.19. The zero-order chi connectivity index (χ0) is 20.0. The highest BCUT2D eigenvalue weighted by molar-refractivity contribution is 7.89. The van der Waals surface area contributed by atoms with E-state index in [1.165, 1.54) is 29.5 Å². The molecule has 3 aromatic rings. The molecule has 4 N–H and O–H groups in total. The van der Waals surface area contributed by atoms with Crippen LogP contribution in [0, 0.1) is 0 Å². The monoisotopic (exact) mass is 415 g/mol. The van der Waals surface area contributed by atoms with Crippen molar-refractivity contribution in [2.75, 3.05) is 10.6 Å². The predicted molar refractivity (Wildman–Crippen MR) is 109 cm³/mol. The lowest BCUT2D eigenvalue weighted by molar-refractivity contribution is -0.111. The van der Waals surface area contributed by atoms with Gasteiger partial charge in [-0.1, -0.05) is 53.8 Å². The highest BCUT2D eigenvalue weighted by atomic mass is 32.2. The molecule has 0 atom stereocenters. The Morgan fingerprint density at radius 1 is 1.04 bits per heavy atom. The minimum Gasteiger partial charge on any atom is -0.356 e. The van der Waals surface area contributed by atoms with Gasteiger partial charge in [0.2, 0.25) is 26.2 Å². The first kappa shape index (κ1) is 19.7. The lowest BCUT2D eigenvalue weighted by Crippen LogP contribution is -2.12. The lowest BCUT2D eigenvalue weighted by atomic mass is 10.2. The van der Waals surface area contributed by atoms with Gasteiger partial charge in [-0.3, -0.25) is 10.1 Å². The van der Waals surface area contributed by atoms with E-state index < -0.39 is 10.0 Å². The van der Waals surface area contributed by atoms with E-state index in [0.717, 1.165) is 11.1 Å². The molecule has 3 rings (SSSR count). The van der Waals surface area contributed by atoms with Crippen molar-refractivity contribution in [3.63, 3.8) is 0 Å². The molecule has 0 unspecified atom stereocenters. The first-order chi connectivity index (χ1) is 13.4. The Labute approximate surface area is 166 Å². The Balaban J connectivity index is 1.52. The van der Waals surface area contributed by atoms with E-state index in [1.54, 1.807) is 18.2 Å². The van der Waals surface area contributed by atoms with Gasteiger partial charge in [0, 0.05) is 12.6 Å². The van der Waals surface area contributed by atoms with E-state index >= 15 is 0 Å². The molecule has 0 fully saturated rings. The number of nitrogens with one attached hydrogen (secondary N) is 2. The minimum atomic E-state index is -3.70. The molecular weight excluding hydrogens is 398 g/mol. The van der Waals surface area contributed by atoms with Gasteiger partial charge >= 0.3 is 0 Å². The lowest BCUT2D eigenvalue weighted by Gasteiger charge is -2.03. The summed E-state index contributed by atoms with van der Waals surface area (Å²) in [6.07, 6.45) is 3.14. The largest absolute Gasteiger partial charge is 0.356 e. The Hall–Kier alpha value is -3.08. The third-order valence-electron chi connectivity index (χ3n) is 3.58. The summed E-state index contributed by atoms with van der Waals surface area (Å²) in [5.74, 6) is -0.301. The number of sulfonamides is 1. The van der Waals surface area contributed by atoms with Crippen molar-refractivity contribution in [3.8, 4) is 0 Å². The summed E-state index contributed by atoms with van der Waals surface area (Å²) < 4.78 is 22.5. The van der Waals surface area contributed by atoms with Crippen LogP contribution in [-0.2, 0) is 21.4 Å². The predicted octanol–water partition coefficient (Wildman–Crippen LogP) is 2.45. The van der Waals surface area contributed by atoms with E-state index in [1.807, 2.05) is 30.3 Å². The quantitative estimate of drug-likeness (QED) is 0.509. The fourth-order valence-corrected chi connectivity index (χ4v) is 3.36. The Kier molecular flexibility index (Phi) is 6.14. The molecule has 2 aromatic carbocycles. The van der Waals surface area contributed by atoms with Crippen molar-refractivity contribution < 1.29 is 13.2 Å². The third kappa shape index (κ3) is 5.71. The number of hydrogen-bond donors (Lipinski definition) is 3. The van der Waals surface area contributed by atoms with E-state index in [0.29, 0.717) is 16.8 Å². The number of carbonyl (C=O) groups is 1. The molecular formula is C18H17N5O3S2. The SMILES string of the molecule is NS(=O)(=O)c1ccc(CNc2nnc(NC(=O)C=Cc3ccccc3)s2)cc1. The highest BCUT2D eigenvalue weighted by Crippen LogP contribution is 2.21. The number of hydrogen-bond acceptors (Lipinski definition) is 7. The maximum absolute atomic E-state index is 11.9. The van der Waals surface area contributed by atoms with Crippen LogP contribution in [0.4, 0.5) is 10.3 Å². The molecule has 0 saturated heterocycles. The Bertz CT molecular complexity index is 1080. The fourth-order valence-electron chi connectivity index (χ4n) is 2.20. The molecule has 1 heterocycles. The van der Waals surface area contributed by atoms with Crippen LogP contribution < -0.4 is 15.8 Å². The molecule has 0 radical (unpaired) electrons. The zero-order valence-electron chi connectivity index (χ0n) is 14.6. The second kappa shape index (κ2) is 8.74. The second-order valence-electron chi connectivity index (χ2n) is 5.69. The average molecular weight is 416 g/mol. The number of nitrogens with zero attached hydrogens (tertiary/aromatic N) is 2. The van der Waals surface area contributed by atoms with E-state index in [4.69, 9.17) is 5.14 Å². The van der Waals surface area contributed by atoms with Crippen LogP contribution in [0.1, 0.15) is 11.1 Å². The van der Waals surface area contributed by atoms with Crippen molar-refractivity contribution in [1.82, 2.24) is 10.2 Å². The van der Waals surface area contributed by atoms with Gasteiger partial charge in [-0.15, -0.1) is 10.2 Å². The van der Waals surface area contributed by atoms with Crippen LogP contribution >= 0.6 is 11.3 Å². The summed E-state index contributed by atoms with van der Waals surface area (Å²) in [6.45, 7) is 0.418. The maximum atomic E-state index is 11.9. The standard InChI is InChI=1S/C18H17N5O3S2/c19-28(25,26)15-9-6-14(7-10-15)12-20-17-22-23-18(27-17)21-16(24)11-8-13-4-2-1-3-5-13/h1-11H,12H2,(H,20,22)(H2,19,25,26)(H,21,23,24). The smallest absolute Gasteiger partial charge is 0.250 e. The van der Waals surface area contributed by atoms with E-state index in [2.05, 4.69) is 20.8 Å². The number of nitrogens with two attached hydrogens (primary N) is 1. The van der Waals surface area contributed by atoms with Crippen molar-refractivity contribution >= 4 is 43.6 Å². The third-order valence-corrected chi connectivity index (χ3v) is 5.30. The second-order valence-corrected chi connectivity index (χ2v) is 8.23. The number of carbonyl (C=O) groups excluding carboxylic acids is 1. The number of anilines is 2. The summed E-state index contributed by atoms with van der Waals surface area (Å²) in [5.41, 5.74) is 1.77. The van der Waals surface area contributed by atoms with Gasteiger partial charge in [0.25, 0.3) is 0 Å². The molecule has 1 aromatic heterocycles. The number of benzene rings is 2. The van der Waals surface area contributed by atoms with Crippen molar-refractivity contribution in [2.24, 2.45) is 5.14 Å². The van der Waals surface area contributed by atoms with Crippen molar-refractivity contribution in [1.29, 1.82) is 0 Å². The normalized spacial score (nSPS) is 11.5. The Morgan fingerprint density at radius 3 is 2.39 bits per heavy atom. The van der Waals surface area contributed by atoms with Crippen LogP contribution in [0.5, 0.6) is 0 Å². The van der Waals surface area contributed by atoms with Crippen molar-refractivity contribution in [3.05, 3.63) is 71.8 Å². The summed E-state index contributed by atoms with van der Waals surface area (Å²) in [5, 5.41) is 19.6. The molecule has 0 aliphatic carbocycles. The number of aromatic nitrogens is 2. The molecule has 0 aliphatic rings. The van der Waals surface area contributed by atoms with Crippen LogP contribution in [0.15, 0.2) is 65.6 Å². The van der Waals surface area contributed by atoms with Crippen LogP contribution in [0.3, 0.4) is 0 Å². The number of rotatable bonds is 7. The van der Waals surface area contributed by atoms with Crippen LogP contribution in [0.2, 0.25) is 0 Å². The van der Waals surface area contributed by atoms with Gasteiger partial charge in [0.15, 0.2) is 0 Å². The van der Waals surface area contributed by atoms with Gasteiger partial charge in [0.1, 0.15) is 0 Å².